The summed E-state index contributed by atoms with van der Waals surface area (Å²) in [4.78, 5) is 13.0. The van der Waals surface area contributed by atoms with E-state index in [9.17, 15) is 0 Å². The van der Waals surface area contributed by atoms with Gasteiger partial charge in [-0.2, -0.15) is 0 Å². The number of nitrogens with two attached hydrogens (primary N) is 1. The van der Waals surface area contributed by atoms with Crippen LogP contribution in [0.3, 0.4) is 0 Å². The van der Waals surface area contributed by atoms with Gasteiger partial charge in [-0.25, -0.2) is 9.97 Å². The molecule has 1 aliphatic heterocycles. The molecule has 0 aliphatic carbocycles. The van der Waals surface area contributed by atoms with Crippen molar-refractivity contribution >= 4 is 17.3 Å². The second-order valence-corrected chi connectivity index (χ2v) is 4.30. The predicted octanol–water partition coefficient (Wildman–Crippen LogP) is 1.34. The average molecular weight is 241 g/mol. The highest BCUT2D eigenvalue weighted by Gasteiger charge is 2.21. The van der Waals surface area contributed by atoms with Crippen molar-refractivity contribution in [3.05, 3.63) is 42.7 Å². The smallest absolute Gasteiger partial charge is 0.129 e. The largest absolute Gasteiger partial charge is 0.384 e. The number of nitrogen functional groups attached to an aromatic ring is 1. The molecule has 0 saturated carbocycles. The zero-order chi connectivity index (χ0) is 12.4. The first kappa shape index (κ1) is 10.8. The molecule has 2 aromatic heterocycles. The Hall–Kier alpha value is -2.30. The second-order valence-electron chi connectivity index (χ2n) is 4.30. The number of aromatic nitrogens is 2. The molecule has 0 aromatic carbocycles. The number of rotatable bonds is 2. The molecular weight excluding hydrogens is 226 g/mol. The molecule has 5 heteroatoms. The van der Waals surface area contributed by atoms with E-state index in [0.717, 1.165) is 31.3 Å². The normalized spacial score (nSPS) is 15.1. The van der Waals surface area contributed by atoms with Crippen LogP contribution in [0.2, 0.25) is 0 Å². The average Bonchev–Trinajstić information content (AvgIpc) is 2.90. The summed E-state index contributed by atoms with van der Waals surface area (Å²) in [5, 5.41) is 0. The zero-order valence-electron chi connectivity index (χ0n) is 10.0. The van der Waals surface area contributed by atoms with Gasteiger partial charge in [0.1, 0.15) is 11.6 Å². The van der Waals surface area contributed by atoms with Gasteiger partial charge in [-0.1, -0.05) is 6.07 Å². The van der Waals surface area contributed by atoms with E-state index >= 15 is 0 Å². The molecule has 18 heavy (non-hydrogen) atoms. The van der Waals surface area contributed by atoms with E-state index in [1.54, 1.807) is 0 Å². The molecule has 0 amide bonds. The maximum Gasteiger partial charge on any atom is 0.129 e. The molecule has 2 aromatic rings. The van der Waals surface area contributed by atoms with Crippen molar-refractivity contribution in [3.8, 4) is 0 Å². The SMILES string of the molecule is Nc1ccc(N2CCN(c3ccccn3)C2)cn1. The maximum atomic E-state index is 5.59. The van der Waals surface area contributed by atoms with Crippen LogP contribution in [-0.2, 0) is 0 Å². The third-order valence-corrected chi connectivity index (χ3v) is 3.09. The minimum Gasteiger partial charge on any atom is -0.384 e. The molecular formula is C13H15N5. The van der Waals surface area contributed by atoms with Crippen LogP contribution in [0.15, 0.2) is 42.7 Å². The van der Waals surface area contributed by atoms with Crippen molar-refractivity contribution in [2.24, 2.45) is 0 Å². The summed E-state index contributed by atoms with van der Waals surface area (Å²) in [7, 11) is 0. The molecule has 0 atom stereocenters. The van der Waals surface area contributed by atoms with E-state index in [0.29, 0.717) is 5.82 Å². The van der Waals surface area contributed by atoms with Crippen LogP contribution >= 0.6 is 0 Å². The van der Waals surface area contributed by atoms with E-state index in [1.165, 1.54) is 0 Å². The van der Waals surface area contributed by atoms with Crippen LogP contribution in [0.4, 0.5) is 17.3 Å². The van der Waals surface area contributed by atoms with Gasteiger partial charge in [0, 0.05) is 19.3 Å². The Bertz CT molecular complexity index is 511. The lowest BCUT2D eigenvalue weighted by Crippen LogP contribution is -2.25. The van der Waals surface area contributed by atoms with Gasteiger partial charge in [-0.15, -0.1) is 0 Å². The van der Waals surface area contributed by atoms with Crippen LogP contribution in [0.25, 0.3) is 0 Å². The minimum atomic E-state index is 0.555. The highest BCUT2D eigenvalue weighted by atomic mass is 15.4. The quantitative estimate of drug-likeness (QED) is 0.860. The molecule has 3 rings (SSSR count). The molecule has 0 spiro atoms. The minimum absolute atomic E-state index is 0.555. The Morgan fingerprint density at radius 1 is 1.00 bits per heavy atom. The van der Waals surface area contributed by atoms with Gasteiger partial charge in [0.05, 0.1) is 18.6 Å². The summed E-state index contributed by atoms with van der Waals surface area (Å²) in [5.41, 5.74) is 6.69. The molecule has 0 bridgehead atoms. The van der Waals surface area contributed by atoms with Gasteiger partial charge in [0.15, 0.2) is 0 Å². The van der Waals surface area contributed by atoms with Gasteiger partial charge < -0.3 is 15.5 Å². The second kappa shape index (κ2) is 4.52. The lowest BCUT2D eigenvalue weighted by atomic mass is 10.4. The van der Waals surface area contributed by atoms with Crippen molar-refractivity contribution in [3.63, 3.8) is 0 Å². The van der Waals surface area contributed by atoms with Crippen molar-refractivity contribution in [1.82, 2.24) is 9.97 Å². The van der Waals surface area contributed by atoms with Crippen molar-refractivity contribution in [1.29, 1.82) is 0 Å². The fourth-order valence-corrected chi connectivity index (χ4v) is 2.11. The fraction of sp³-hybridized carbons (Fsp3) is 0.231. The molecule has 5 nitrogen and oxygen atoms in total. The van der Waals surface area contributed by atoms with E-state index in [4.69, 9.17) is 5.73 Å². The van der Waals surface area contributed by atoms with Crippen LogP contribution < -0.4 is 15.5 Å². The topological polar surface area (TPSA) is 58.3 Å². The number of anilines is 3. The number of pyridine rings is 2. The first-order valence-corrected chi connectivity index (χ1v) is 5.95. The van der Waals surface area contributed by atoms with Crippen molar-refractivity contribution in [2.45, 2.75) is 0 Å². The summed E-state index contributed by atoms with van der Waals surface area (Å²) in [6, 6.07) is 9.81. The first-order chi connectivity index (χ1) is 8.83. The number of hydrogen-bond acceptors (Lipinski definition) is 5. The Kier molecular flexibility index (Phi) is 2.72. The molecule has 3 heterocycles. The Balaban J connectivity index is 1.74. The van der Waals surface area contributed by atoms with Crippen LogP contribution in [0.1, 0.15) is 0 Å². The molecule has 0 radical (unpaired) electrons. The van der Waals surface area contributed by atoms with E-state index in [2.05, 4.69) is 19.8 Å². The van der Waals surface area contributed by atoms with Gasteiger partial charge >= 0.3 is 0 Å². The number of hydrogen-bond donors (Lipinski definition) is 1. The standard InChI is InChI=1S/C13H15N5/c14-12-5-4-11(9-16-12)17-7-8-18(10-17)13-3-1-2-6-15-13/h1-6,9H,7-8,10H2,(H2,14,16). The first-order valence-electron chi connectivity index (χ1n) is 5.95. The van der Waals surface area contributed by atoms with Crippen LogP contribution in [-0.4, -0.2) is 29.7 Å². The summed E-state index contributed by atoms with van der Waals surface area (Å²) in [5.74, 6) is 1.57. The van der Waals surface area contributed by atoms with E-state index < -0.39 is 0 Å². The zero-order valence-corrected chi connectivity index (χ0v) is 10.0. The van der Waals surface area contributed by atoms with Crippen LogP contribution in [0.5, 0.6) is 0 Å². The predicted molar refractivity (Wildman–Crippen MR) is 72.4 cm³/mol. The lowest BCUT2D eigenvalue weighted by Gasteiger charge is -2.20. The lowest BCUT2D eigenvalue weighted by molar-refractivity contribution is 0.925. The third-order valence-electron chi connectivity index (χ3n) is 3.09. The molecule has 0 unspecified atom stereocenters. The highest BCUT2D eigenvalue weighted by molar-refractivity contribution is 5.52. The van der Waals surface area contributed by atoms with Gasteiger partial charge in [0.25, 0.3) is 0 Å². The molecule has 1 saturated heterocycles. The van der Waals surface area contributed by atoms with Crippen LogP contribution in [0, 0.1) is 0 Å². The number of nitrogens with zero attached hydrogens (tertiary/aromatic N) is 4. The van der Waals surface area contributed by atoms with Crippen molar-refractivity contribution < 1.29 is 0 Å². The summed E-state index contributed by atoms with van der Waals surface area (Å²) in [6.45, 7) is 2.78. The highest BCUT2D eigenvalue weighted by Crippen LogP contribution is 2.21. The van der Waals surface area contributed by atoms with Gasteiger partial charge in [-0.3, -0.25) is 0 Å². The fourth-order valence-electron chi connectivity index (χ4n) is 2.11. The Morgan fingerprint density at radius 2 is 1.89 bits per heavy atom. The Labute approximate surface area is 106 Å². The van der Waals surface area contributed by atoms with E-state index in [1.807, 2.05) is 42.7 Å². The molecule has 92 valence electrons. The monoisotopic (exact) mass is 241 g/mol. The Morgan fingerprint density at radius 3 is 2.61 bits per heavy atom. The van der Waals surface area contributed by atoms with Gasteiger partial charge in [-0.05, 0) is 24.3 Å². The van der Waals surface area contributed by atoms with Crippen molar-refractivity contribution in [2.75, 3.05) is 35.3 Å². The third kappa shape index (κ3) is 2.07. The van der Waals surface area contributed by atoms with Gasteiger partial charge in [0.2, 0.25) is 0 Å². The maximum absolute atomic E-state index is 5.59. The summed E-state index contributed by atoms with van der Waals surface area (Å²) < 4.78 is 0. The summed E-state index contributed by atoms with van der Waals surface area (Å²) >= 11 is 0. The van der Waals surface area contributed by atoms with E-state index in [-0.39, 0.29) is 0 Å². The molecule has 1 fully saturated rings. The molecule has 1 aliphatic rings. The molecule has 2 N–H and O–H groups in total. The summed E-state index contributed by atoms with van der Waals surface area (Å²) in [6.07, 6.45) is 3.64.